The van der Waals surface area contributed by atoms with Crippen LogP contribution in [0.25, 0.3) is 0 Å². The van der Waals surface area contributed by atoms with E-state index in [0.29, 0.717) is 30.4 Å². The molecule has 3 heterocycles. The molecule has 1 fully saturated rings. The minimum Gasteiger partial charge on any atom is -0.497 e. The van der Waals surface area contributed by atoms with Gasteiger partial charge in [-0.3, -0.25) is 5.32 Å². The number of quaternary nitrogens is 1. The van der Waals surface area contributed by atoms with E-state index in [4.69, 9.17) is 4.74 Å². The molecular weight excluding hydrogens is 430 g/mol. The molecule has 1 unspecified atom stereocenters. The molecule has 1 spiro atoms. The molecule has 0 aliphatic carbocycles. The molecule has 0 radical (unpaired) electrons. The number of allylic oxidation sites excluding steroid dienone is 1. The molecule has 3 amide bonds. The Hall–Kier alpha value is -3.65. The van der Waals surface area contributed by atoms with Crippen molar-refractivity contribution in [2.24, 2.45) is 5.10 Å². The third-order valence-corrected chi connectivity index (χ3v) is 7.39. The Kier molecular flexibility index (Phi) is 5.40. The van der Waals surface area contributed by atoms with Crippen LogP contribution in [0.5, 0.6) is 5.75 Å². The molecule has 0 saturated carbocycles. The molecule has 2 aromatic rings. The van der Waals surface area contributed by atoms with E-state index in [0.717, 1.165) is 24.9 Å². The number of benzene rings is 2. The highest BCUT2D eigenvalue weighted by molar-refractivity contribution is 6.10. The minimum atomic E-state index is -0.340. The molecule has 34 heavy (non-hydrogen) atoms. The van der Waals surface area contributed by atoms with Gasteiger partial charge in [-0.05, 0) is 36.6 Å². The summed E-state index contributed by atoms with van der Waals surface area (Å²) in [5.74, 6) is 0.965. The second-order valence-electron chi connectivity index (χ2n) is 9.32. The van der Waals surface area contributed by atoms with Crippen molar-refractivity contribution in [2.75, 3.05) is 39.1 Å². The van der Waals surface area contributed by atoms with Gasteiger partial charge in [0.15, 0.2) is 0 Å². The van der Waals surface area contributed by atoms with Gasteiger partial charge in [0.2, 0.25) is 5.82 Å². The summed E-state index contributed by atoms with van der Waals surface area (Å²) in [6.07, 6.45) is 3.57. The highest BCUT2D eigenvalue weighted by Crippen LogP contribution is 2.43. The molecule has 176 valence electrons. The topological polar surface area (TPSA) is 83.0 Å². The van der Waals surface area contributed by atoms with Crippen LogP contribution < -0.4 is 15.4 Å². The minimum absolute atomic E-state index is 0.0760. The van der Waals surface area contributed by atoms with Gasteiger partial charge >= 0.3 is 11.9 Å². The van der Waals surface area contributed by atoms with Crippen molar-refractivity contribution in [1.82, 2.24) is 10.2 Å². The van der Waals surface area contributed by atoms with Crippen molar-refractivity contribution < 1.29 is 18.9 Å². The molecule has 1 saturated heterocycles. The third kappa shape index (κ3) is 3.64. The van der Waals surface area contributed by atoms with Crippen LogP contribution in [0.15, 0.2) is 65.5 Å². The molecule has 2 N–H and O–H groups in total. The van der Waals surface area contributed by atoms with Crippen LogP contribution >= 0.6 is 0 Å². The Labute approximate surface area is 199 Å². The maximum atomic E-state index is 13.2. The van der Waals surface area contributed by atoms with Crippen molar-refractivity contribution in [1.29, 1.82) is 0 Å². The molecule has 0 bridgehead atoms. The number of methoxy groups -OCH3 is 1. The zero-order chi connectivity index (χ0) is 23.9. The molecule has 3 aliphatic rings. The fourth-order valence-electron chi connectivity index (χ4n) is 5.09. The Morgan fingerprint density at radius 1 is 1.15 bits per heavy atom. The average molecular weight is 461 g/mol. The maximum absolute atomic E-state index is 13.2. The summed E-state index contributed by atoms with van der Waals surface area (Å²) in [6.45, 7) is 3.70. The van der Waals surface area contributed by atoms with Crippen LogP contribution in [0.2, 0.25) is 0 Å². The molecule has 1 atom stereocenters. The smallest absolute Gasteiger partial charge is 0.342 e. The van der Waals surface area contributed by atoms with E-state index in [1.165, 1.54) is 18.2 Å². The summed E-state index contributed by atoms with van der Waals surface area (Å²) < 4.78 is 4.98. The SMILES string of the molecule is COc1cccc(C2=N[N+](C)(C(C)=O)C(NC(=O)N3CCC4(CC3)CNc3ccccc34)=C2)c1. The maximum Gasteiger partial charge on any atom is 0.342 e. The van der Waals surface area contributed by atoms with Crippen LogP contribution in [-0.4, -0.2) is 60.9 Å². The second-order valence-corrected chi connectivity index (χ2v) is 9.32. The molecular formula is C26H30N5O3+. The van der Waals surface area contributed by atoms with Crippen LogP contribution in [0, 0.1) is 0 Å². The number of carbonyl (C=O) groups excluding carboxylic acids is 2. The quantitative estimate of drug-likeness (QED) is 0.688. The lowest BCUT2D eigenvalue weighted by molar-refractivity contribution is -0.801. The predicted octanol–water partition coefficient (Wildman–Crippen LogP) is 3.42. The van der Waals surface area contributed by atoms with Gasteiger partial charge in [-0.25, -0.2) is 9.59 Å². The summed E-state index contributed by atoms with van der Waals surface area (Å²) in [6, 6.07) is 15.7. The molecule has 8 nitrogen and oxygen atoms in total. The number of ether oxygens (including phenoxy) is 1. The number of urea groups is 1. The molecule has 5 rings (SSSR count). The number of nitrogens with zero attached hydrogens (tertiary/aromatic N) is 3. The van der Waals surface area contributed by atoms with E-state index in [9.17, 15) is 9.59 Å². The number of piperidine rings is 1. The van der Waals surface area contributed by atoms with Gasteiger partial charge in [0.25, 0.3) is 0 Å². The van der Waals surface area contributed by atoms with Gasteiger partial charge in [-0.2, -0.15) is 0 Å². The lowest BCUT2D eigenvalue weighted by Gasteiger charge is -2.39. The van der Waals surface area contributed by atoms with E-state index >= 15 is 0 Å². The van der Waals surface area contributed by atoms with Gasteiger partial charge in [-0.15, -0.1) is 0 Å². The summed E-state index contributed by atoms with van der Waals surface area (Å²) in [5.41, 5.74) is 4.07. The Bertz CT molecular complexity index is 1210. The van der Waals surface area contributed by atoms with Crippen LogP contribution in [-0.2, 0) is 10.2 Å². The molecule has 8 heteroatoms. The lowest BCUT2D eigenvalue weighted by atomic mass is 9.74. The van der Waals surface area contributed by atoms with E-state index in [-0.39, 0.29) is 21.9 Å². The number of anilines is 1. The van der Waals surface area contributed by atoms with Gasteiger partial charge in [0, 0.05) is 36.3 Å². The monoisotopic (exact) mass is 460 g/mol. The van der Waals surface area contributed by atoms with Crippen LogP contribution in [0.1, 0.15) is 30.9 Å². The largest absolute Gasteiger partial charge is 0.497 e. The van der Waals surface area contributed by atoms with Crippen molar-refractivity contribution in [2.45, 2.75) is 25.2 Å². The number of nitrogens with one attached hydrogen (secondary N) is 2. The van der Waals surface area contributed by atoms with Gasteiger partial charge in [0.05, 0.1) is 20.1 Å². The van der Waals surface area contributed by atoms with Crippen molar-refractivity contribution in [3.05, 3.63) is 71.6 Å². The Morgan fingerprint density at radius 2 is 1.91 bits per heavy atom. The van der Waals surface area contributed by atoms with E-state index < -0.39 is 0 Å². The average Bonchev–Trinajstić information content (AvgIpc) is 3.38. The highest BCUT2D eigenvalue weighted by atomic mass is 16.5. The highest BCUT2D eigenvalue weighted by Gasteiger charge is 2.44. The molecule has 2 aromatic carbocycles. The first kappa shape index (κ1) is 22.2. The van der Waals surface area contributed by atoms with Crippen molar-refractivity contribution in [3.8, 4) is 5.75 Å². The number of hydrogen-bond donors (Lipinski definition) is 2. The second kappa shape index (κ2) is 8.29. The number of rotatable bonds is 3. The van der Waals surface area contributed by atoms with E-state index in [2.05, 4.69) is 40.0 Å². The van der Waals surface area contributed by atoms with Crippen LogP contribution in [0.3, 0.4) is 0 Å². The van der Waals surface area contributed by atoms with Gasteiger partial charge in [-0.1, -0.05) is 40.0 Å². The zero-order valence-corrected chi connectivity index (χ0v) is 19.8. The summed E-state index contributed by atoms with van der Waals surface area (Å²) >= 11 is 0. The summed E-state index contributed by atoms with van der Waals surface area (Å²) in [7, 11) is 3.30. The normalized spacial score (nSPS) is 22.5. The number of amides is 3. The third-order valence-electron chi connectivity index (χ3n) is 7.39. The number of para-hydroxylation sites is 1. The van der Waals surface area contributed by atoms with E-state index in [1.54, 1.807) is 20.2 Å². The number of hydrogen-bond acceptors (Lipinski definition) is 5. The molecule has 0 aromatic heterocycles. The fraction of sp³-hybridized carbons (Fsp3) is 0.346. The van der Waals surface area contributed by atoms with Crippen molar-refractivity contribution in [3.63, 3.8) is 0 Å². The first-order valence-electron chi connectivity index (χ1n) is 11.6. The Morgan fingerprint density at radius 3 is 2.65 bits per heavy atom. The lowest BCUT2D eigenvalue weighted by Crippen LogP contribution is -2.53. The molecule has 3 aliphatic heterocycles. The number of carbonyl (C=O) groups is 2. The van der Waals surface area contributed by atoms with Crippen molar-refractivity contribution >= 4 is 23.3 Å². The van der Waals surface area contributed by atoms with Gasteiger partial charge < -0.3 is 15.0 Å². The van der Waals surface area contributed by atoms with E-state index in [1.807, 2.05) is 29.2 Å². The fourth-order valence-corrected chi connectivity index (χ4v) is 5.09. The number of fused-ring (bicyclic) bond motifs is 2. The predicted molar refractivity (Wildman–Crippen MR) is 130 cm³/mol. The summed E-state index contributed by atoms with van der Waals surface area (Å²) in [5, 5.41) is 11.2. The first-order chi connectivity index (χ1) is 16.3. The zero-order valence-electron chi connectivity index (χ0n) is 19.8. The summed E-state index contributed by atoms with van der Waals surface area (Å²) in [4.78, 5) is 27.6. The Balaban J connectivity index is 1.32. The first-order valence-corrected chi connectivity index (χ1v) is 11.6. The standard InChI is InChI=1S/C26H29N5O3/c1-18(32)31(2)24(16-23(29-31)19-7-6-8-20(15-19)34-3)28-25(33)30-13-11-26(12-14-30)17-27-22-10-5-4-9-21(22)26/h4-10,15-16,27H,11-14,17H2,1-3H3/p+1. The van der Waals surface area contributed by atoms with Gasteiger partial charge in [0.1, 0.15) is 18.5 Å². The van der Waals surface area contributed by atoms with Crippen LogP contribution in [0.4, 0.5) is 10.5 Å². The number of likely N-dealkylation sites (tertiary alicyclic amines) is 1.